The van der Waals surface area contributed by atoms with E-state index in [9.17, 15) is 18.0 Å². The fourth-order valence-electron chi connectivity index (χ4n) is 1.96. The number of halogens is 4. The van der Waals surface area contributed by atoms with Crippen LogP contribution in [-0.2, 0) is 4.79 Å². The van der Waals surface area contributed by atoms with Gasteiger partial charge in [0.15, 0.2) is 0 Å². The van der Waals surface area contributed by atoms with Crippen LogP contribution in [0.15, 0.2) is 29.2 Å². The van der Waals surface area contributed by atoms with Gasteiger partial charge in [-0.15, -0.1) is 12.4 Å². The first-order valence-corrected chi connectivity index (χ1v) is 8.37. The Bertz CT molecular complexity index is 496. The summed E-state index contributed by atoms with van der Waals surface area (Å²) in [5, 5.41) is 5.79. The smallest absolute Gasteiger partial charge is 0.325 e. The van der Waals surface area contributed by atoms with Crippen LogP contribution in [-0.4, -0.2) is 35.5 Å². The molecular formula is C13H16ClF3N2OS2. The van der Waals surface area contributed by atoms with Gasteiger partial charge >= 0.3 is 5.51 Å². The summed E-state index contributed by atoms with van der Waals surface area (Å²) in [5.74, 6) is 1.58. The third kappa shape index (κ3) is 6.68. The van der Waals surface area contributed by atoms with Crippen LogP contribution >= 0.6 is 35.9 Å². The lowest BCUT2D eigenvalue weighted by molar-refractivity contribution is -0.116. The summed E-state index contributed by atoms with van der Waals surface area (Å²) in [6.07, 6.45) is 0.262. The number of hydrogen-bond acceptors (Lipinski definition) is 4. The lowest BCUT2D eigenvalue weighted by atomic mass is 10.2. The summed E-state index contributed by atoms with van der Waals surface area (Å²) in [5.41, 5.74) is -4.17. The largest absolute Gasteiger partial charge is 0.446 e. The molecule has 1 aromatic rings. The van der Waals surface area contributed by atoms with E-state index in [0.29, 0.717) is 0 Å². The molecule has 1 heterocycles. The molecule has 2 N–H and O–H groups in total. The summed E-state index contributed by atoms with van der Waals surface area (Å²) < 4.78 is 37.4. The molecule has 1 aromatic carbocycles. The third-order valence-corrected chi connectivity index (χ3v) is 4.76. The van der Waals surface area contributed by atoms with Gasteiger partial charge in [-0.2, -0.15) is 24.9 Å². The van der Waals surface area contributed by atoms with Gasteiger partial charge < -0.3 is 10.6 Å². The molecule has 124 valence electrons. The Morgan fingerprint density at radius 3 is 2.77 bits per heavy atom. The topological polar surface area (TPSA) is 41.1 Å². The quantitative estimate of drug-likeness (QED) is 0.790. The predicted octanol–water partition coefficient (Wildman–Crippen LogP) is 3.75. The second-order valence-corrected chi connectivity index (χ2v) is 6.78. The van der Waals surface area contributed by atoms with Crippen LogP contribution in [0, 0.1) is 0 Å². The van der Waals surface area contributed by atoms with Crippen molar-refractivity contribution in [3.8, 4) is 0 Å². The van der Waals surface area contributed by atoms with Gasteiger partial charge in [-0.05, 0) is 23.9 Å². The van der Waals surface area contributed by atoms with Crippen molar-refractivity contribution in [2.24, 2.45) is 0 Å². The lowest BCUT2D eigenvalue weighted by Gasteiger charge is -2.22. The Morgan fingerprint density at radius 2 is 2.14 bits per heavy atom. The summed E-state index contributed by atoms with van der Waals surface area (Å²) in [4.78, 5) is 12.0. The average molecular weight is 373 g/mol. The number of rotatable bonds is 4. The van der Waals surface area contributed by atoms with Crippen LogP contribution in [0.1, 0.15) is 6.42 Å². The van der Waals surface area contributed by atoms with Crippen molar-refractivity contribution in [3.05, 3.63) is 24.3 Å². The minimum Gasteiger partial charge on any atom is -0.325 e. The van der Waals surface area contributed by atoms with E-state index in [1.165, 1.54) is 18.2 Å². The zero-order valence-corrected chi connectivity index (χ0v) is 13.9. The summed E-state index contributed by atoms with van der Waals surface area (Å²) in [6, 6.07) is 6.02. The number of para-hydroxylation sites is 1. The van der Waals surface area contributed by atoms with E-state index in [2.05, 4.69) is 10.6 Å². The zero-order chi connectivity index (χ0) is 15.3. The fraction of sp³-hybridized carbons (Fsp3) is 0.462. The number of hydrogen-bond donors (Lipinski definition) is 2. The Balaban J connectivity index is 0.00000242. The maximum absolute atomic E-state index is 12.5. The third-order valence-electron chi connectivity index (χ3n) is 2.82. The first kappa shape index (κ1) is 19.5. The molecule has 0 radical (unpaired) electrons. The van der Waals surface area contributed by atoms with Crippen molar-refractivity contribution in [2.45, 2.75) is 22.9 Å². The van der Waals surface area contributed by atoms with E-state index in [0.717, 1.165) is 18.1 Å². The first-order chi connectivity index (χ1) is 9.94. The molecule has 1 aliphatic rings. The van der Waals surface area contributed by atoms with Crippen molar-refractivity contribution in [3.63, 3.8) is 0 Å². The number of nitrogens with one attached hydrogen (secondary N) is 2. The zero-order valence-electron chi connectivity index (χ0n) is 11.5. The average Bonchev–Trinajstić information content (AvgIpc) is 2.40. The van der Waals surface area contributed by atoms with Gasteiger partial charge in [-0.1, -0.05) is 12.1 Å². The van der Waals surface area contributed by atoms with Gasteiger partial charge in [0, 0.05) is 35.4 Å². The number of alkyl halides is 3. The first-order valence-electron chi connectivity index (χ1n) is 6.40. The second kappa shape index (κ2) is 8.90. The number of anilines is 1. The standard InChI is InChI=1S/C13H15F3N2OS2.ClH/c14-13(15,16)21-11-4-2-1-3-10(11)18-12(19)7-9-8-20-6-5-17-9;/h1-4,9,17H,5-8H2,(H,18,19);1H. The highest BCUT2D eigenvalue weighted by Gasteiger charge is 2.30. The molecule has 3 nitrogen and oxygen atoms in total. The molecule has 9 heteroatoms. The summed E-state index contributed by atoms with van der Waals surface area (Å²) >= 11 is 1.55. The Labute approximate surface area is 141 Å². The van der Waals surface area contributed by atoms with E-state index >= 15 is 0 Å². The molecule has 1 saturated heterocycles. The molecule has 0 bridgehead atoms. The predicted molar refractivity (Wildman–Crippen MR) is 88.0 cm³/mol. The van der Waals surface area contributed by atoms with Crippen molar-refractivity contribution in [1.29, 1.82) is 0 Å². The molecule has 1 amide bonds. The molecule has 0 aromatic heterocycles. The van der Waals surface area contributed by atoms with Gasteiger partial charge in [0.2, 0.25) is 5.91 Å². The van der Waals surface area contributed by atoms with E-state index in [4.69, 9.17) is 0 Å². The minimum atomic E-state index is -4.37. The highest BCUT2D eigenvalue weighted by Crippen LogP contribution is 2.40. The van der Waals surface area contributed by atoms with Gasteiger partial charge in [-0.3, -0.25) is 4.79 Å². The monoisotopic (exact) mass is 372 g/mol. The maximum Gasteiger partial charge on any atom is 0.446 e. The van der Waals surface area contributed by atoms with Crippen LogP contribution in [0.5, 0.6) is 0 Å². The normalized spacial score (nSPS) is 18.4. The van der Waals surface area contributed by atoms with E-state index in [1.54, 1.807) is 17.8 Å². The highest BCUT2D eigenvalue weighted by molar-refractivity contribution is 8.00. The number of carbonyl (C=O) groups is 1. The van der Waals surface area contributed by atoms with Crippen molar-refractivity contribution in [1.82, 2.24) is 5.32 Å². The molecule has 2 rings (SSSR count). The molecule has 0 spiro atoms. The molecule has 1 fully saturated rings. The Hall–Kier alpha value is -0.570. The van der Waals surface area contributed by atoms with Crippen molar-refractivity contribution >= 4 is 47.5 Å². The van der Waals surface area contributed by atoms with Gasteiger partial charge in [0.1, 0.15) is 0 Å². The summed E-state index contributed by atoms with van der Waals surface area (Å²) in [7, 11) is 0. The second-order valence-electron chi connectivity index (χ2n) is 4.52. The van der Waals surface area contributed by atoms with Crippen LogP contribution < -0.4 is 10.6 Å². The number of amides is 1. The molecule has 1 unspecified atom stereocenters. The Morgan fingerprint density at radius 1 is 1.41 bits per heavy atom. The van der Waals surface area contributed by atoms with Crippen LogP contribution in [0.4, 0.5) is 18.9 Å². The number of thioether (sulfide) groups is 2. The fourth-order valence-corrected chi connectivity index (χ4v) is 3.53. The molecule has 1 atom stereocenters. The van der Waals surface area contributed by atoms with Crippen molar-refractivity contribution < 1.29 is 18.0 Å². The van der Waals surface area contributed by atoms with Gasteiger partial charge in [0.05, 0.1) is 5.69 Å². The Kier molecular flexibility index (Phi) is 7.88. The van der Waals surface area contributed by atoms with Crippen LogP contribution in [0.25, 0.3) is 0 Å². The lowest BCUT2D eigenvalue weighted by Crippen LogP contribution is -2.39. The number of carbonyl (C=O) groups excluding carboxylic acids is 1. The van der Waals surface area contributed by atoms with E-state index < -0.39 is 5.51 Å². The molecule has 0 aliphatic carbocycles. The van der Waals surface area contributed by atoms with Gasteiger partial charge in [-0.25, -0.2) is 0 Å². The maximum atomic E-state index is 12.5. The van der Waals surface area contributed by atoms with E-state index in [1.807, 2.05) is 0 Å². The van der Waals surface area contributed by atoms with Crippen LogP contribution in [0.3, 0.4) is 0 Å². The van der Waals surface area contributed by atoms with Crippen molar-refractivity contribution in [2.75, 3.05) is 23.4 Å². The molecule has 0 saturated carbocycles. The number of benzene rings is 1. The molecule has 22 heavy (non-hydrogen) atoms. The van der Waals surface area contributed by atoms with Crippen LogP contribution in [0.2, 0.25) is 0 Å². The molecular weight excluding hydrogens is 357 g/mol. The van der Waals surface area contributed by atoms with Gasteiger partial charge in [0.25, 0.3) is 0 Å². The molecule has 1 aliphatic heterocycles. The highest BCUT2D eigenvalue weighted by atomic mass is 35.5. The summed E-state index contributed by atoms with van der Waals surface area (Å²) in [6.45, 7) is 0.850. The minimum absolute atomic E-state index is 0. The van der Waals surface area contributed by atoms with E-state index in [-0.39, 0.29) is 53.1 Å². The SMILES string of the molecule is Cl.O=C(CC1CSCCN1)Nc1ccccc1SC(F)(F)F.